The van der Waals surface area contributed by atoms with Crippen molar-refractivity contribution in [1.29, 1.82) is 0 Å². The maximum atomic E-state index is 11.9. The van der Waals surface area contributed by atoms with Crippen LogP contribution in [0.3, 0.4) is 0 Å². The van der Waals surface area contributed by atoms with Crippen LogP contribution in [0.25, 0.3) is 0 Å². The Kier molecular flexibility index (Phi) is 3.13. The standard InChI is InChI=1S/C12H16N2O4/c1-12(11(16)17,7-2-3-7)14-10(15)9-5-4-8(6-13)18-9/h4-5,7H,2-3,6,13H2,1H3,(H,14,15)(H,16,17). The van der Waals surface area contributed by atoms with Gasteiger partial charge in [0.1, 0.15) is 11.3 Å². The van der Waals surface area contributed by atoms with Crippen molar-refractivity contribution >= 4 is 11.9 Å². The van der Waals surface area contributed by atoms with Gasteiger partial charge in [0.15, 0.2) is 5.76 Å². The molecule has 0 aliphatic heterocycles. The third-order valence-electron chi connectivity index (χ3n) is 3.30. The van der Waals surface area contributed by atoms with Gasteiger partial charge in [-0.05, 0) is 37.8 Å². The number of rotatable bonds is 5. The number of furan rings is 1. The molecule has 1 aromatic heterocycles. The first-order chi connectivity index (χ1) is 8.47. The van der Waals surface area contributed by atoms with Crippen molar-refractivity contribution in [2.75, 3.05) is 0 Å². The van der Waals surface area contributed by atoms with Gasteiger partial charge in [0, 0.05) is 0 Å². The van der Waals surface area contributed by atoms with E-state index in [0.717, 1.165) is 12.8 Å². The Morgan fingerprint density at radius 3 is 2.67 bits per heavy atom. The van der Waals surface area contributed by atoms with Crippen molar-refractivity contribution in [3.8, 4) is 0 Å². The quantitative estimate of drug-likeness (QED) is 0.716. The molecule has 1 aromatic rings. The summed E-state index contributed by atoms with van der Waals surface area (Å²) in [5.74, 6) is -0.981. The first-order valence-electron chi connectivity index (χ1n) is 5.82. The highest BCUT2D eigenvalue weighted by Gasteiger charge is 2.48. The SMILES string of the molecule is CC(NC(=O)c1ccc(CN)o1)(C(=O)O)C1CC1. The van der Waals surface area contributed by atoms with Crippen molar-refractivity contribution in [2.24, 2.45) is 11.7 Å². The average Bonchev–Trinajstić information content (AvgIpc) is 3.07. The number of amides is 1. The van der Waals surface area contributed by atoms with Crippen LogP contribution in [-0.2, 0) is 11.3 Å². The summed E-state index contributed by atoms with van der Waals surface area (Å²) < 4.78 is 5.19. The van der Waals surface area contributed by atoms with Gasteiger partial charge in [0.05, 0.1) is 6.54 Å². The summed E-state index contributed by atoms with van der Waals surface area (Å²) in [6, 6.07) is 3.09. The van der Waals surface area contributed by atoms with Gasteiger partial charge in [-0.1, -0.05) is 0 Å². The number of carboxylic acid groups (broad SMARTS) is 1. The molecule has 1 saturated carbocycles. The number of nitrogens with one attached hydrogen (secondary N) is 1. The van der Waals surface area contributed by atoms with E-state index >= 15 is 0 Å². The van der Waals surface area contributed by atoms with Crippen molar-refractivity contribution < 1.29 is 19.1 Å². The highest BCUT2D eigenvalue weighted by atomic mass is 16.4. The maximum absolute atomic E-state index is 11.9. The highest BCUT2D eigenvalue weighted by Crippen LogP contribution is 2.39. The number of carbonyl (C=O) groups is 2. The molecule has 0 aromatic carbocycles. The van der Waals surface area contributed by atoms with Crippen LogP contribution in [0.1, 0.15) is 36.1 Å². The van der Waals surface area contributed by atoms with E-state index in [-0.39, 0.29) is 18.2 Å². The van der Waals surface area contributed by atoms with Crippen LogP contribution in [0, 0.1) is 5.92 Å². The number of nitrogens with two attached hydrogens (primary N) is 1. The van der Waals surface area contributed by atoms with Gasteiger partial charge in [0.2, 0.25) is 0 Å². The maximum Gasteiger partial charge on any atom is 0.329 e. The van der Waals surface area contributed by atoms with Crippen LogP contribution in [0.4, 0.5) is 0 Å². The molecule has 1 amide bonds. The van der Waals surface area contributed by atoms with Crippen LogP contribution in [0.2, 0.25) is 0 Å². The van der Waals surface area contributed by atoms with Crippen LogP contribution >= 0.6 is 0 Å². The molecule has 2 rings (SSSR count). The smallest absolute Gasteiger partial charge is 0.329 e. The number of carbonyl (C=O) groups excluding carboxylic acids is 1. The summed E-state index contributed by atoms with van der Waals surface area (Å²) in [4.78, 5) is 23.2. The number of aliphatic carboxylic acids is 1. The van der Waals surface area contributed by atoms with E-state index in [1.54, 1.807) is 6.07 Å². The van der Waals surface area contributed by atoms with Gasteiger partial charge in [-0.2, -0.15) is 0 Å². The molecule has 6 heteroatoms. The van der Waals surface area contributed by atoms with E-state index < -0.39 is 17.4 Å². The van der Waals surface area contributed by atoms with Gasteiger partial charge < -0.3 is 20.6 Å². The Hall–Kier alpha value is -1.82. The fourth-order valence-corrected chi connectivity index (χ4v) is 1.90. The molecule has 1 aliphatic carbocycles. The van der Waals surface area contributed by atoms with E-state index in [0.29, 0.717) is 5.76 Å². The fraction of sp³-hybridized carbons (Fsp3) is 0.500. The van der Waals surface area contributed by atoms with Gasteiger partial charge in [-0.15, -0.1) is 0 Å². The zero-order chi connectivity index (χ0) is 13.3. The molecule has 4 N–H and O–H groups in total. The minimum Gasteiger partial charge on any atom is -0.480 e. The summed E-state index contributed by atoms with van der Waals surface area (Å²) in [6.07, 6.45) is 1.63. The summed E-state index contributed by atoms with van der Waals surface area (Å²) in [6.45, 7) is 1.73. The lowest BCUT2D eigenvalue weighted by atomic mass is 9.96. The lowest BCUT2D eigenvalue weighted by Gasteiger charge is -2.25. The zero-order valence-electron chi connectivity index (χ0n) is 10.1. The molecule has 6 nitrogen and oxygen atoms in total. The first-order valence-corrected chi connectivity index (χ1v) is 5.82. The lowest BCUT2D eigenvalue weighted by molar-refractivity contribution is -0.144. The Balaban J connectivity index is 2.12. The molecule has 1 aliphatic rings. The Morgan fingerprint density at radius 1 is 1.56 bits per heavy atom. The van der Waals surface area contributed by atoms with Crippen molar-refractivity contribution in [1.82, 2.24) is 5.32 Å². The van der Waals surface area contributed by atoms with E-state index in [1.165, 1.54) is 13.0 Å². The van der Waals surface area contributed by atoms with Crippen LogP contribution in [0.5, 0.6) is 0 Å². The normalized spacial score (nSPS) is 18.1. The summed E-state index contributed by atoms with van der Waals surface area (Å²) in [7, 11) is 0. The topological polar surface area (TPSA) is 106 Å². The predicted octanol–water partition coefficient (Wildman–Crippen LogP) is 0.721. The molecule has 0 spiro atoms. The zero-order valence-corrected chi connectivity index (χ0v) is 10.1. The third-order valence-corrected chi connectivity index (χ3v) is 3.30. The van der Waals surface area contributed by atoms with Crippen molar-refractivity contribution in [2.45, 2.75) is 31.8 Å². The molecule has 0 radical (unpaired) electrons. The monoisotopic (exact) mass is 252 g/mol. The Morgan fingerprint density at radius 2 is 2.22 bits per heavy atom. The Labute approximate surface area is 104 Å². The second kappa shape index (κ2) is 4.45. The minimum atomic E-state index is -1.23. The number of hydrogen-bond donors (Lipinski definition) is 3. The molecule has 0 saturated heterocycles. The fourth-order valence-electron chi connectivity index (χ4n) is 1.90. The third kappa shape index (κ3) is 2.24. The van der Waals surface area contributed by atoms with Crippen LogP contribution in [-0.4, -0.2) is 22.5 Å². The van der Waals surface area contributed by atoms with Gasteiger partial charge in [0.25, 0.3) is 5.91 Å². The molecule has 18 heavy (non-hydrogen) atoms. The van der Waals surface area contributed by atoms with Crippen molar-refractivity contribution in [3.63, 3.8) is 0 Å². The first kappa shape index (κ1) is 12.6. The molecule has 98 valence electrons. The predicted molar refractivity (Wildman–Crippen MR) is 62.8 cm³/mol. The molecule has 1 fully saturated rings. The average molecular weight is 252 g/mol. The van der Waals surface area contributed by atoms with E-state index in [2.05, 4.69) is 5.32 Å². The van der Waals surface area contributed by atoms with E-state index in [9.17, 15) is 14.7 Å². The number of carboxylic acids is 1. The summed E-state index contributed by atoms with van der Waals surface area (Å²) in [5, 5.41) is 11.8. The van der Waals surface area contributed by atoms with Crippen molar-refractivity contribution in [3.05, 3.63) is 23.7 Å². The van der Waals surface area contributed by atoms with E-state index in [4.69, 9.17) is 10.2 Å². The van der Waals surface area contributed by atoms with Crippen LogP contribution in [0.15, 0.2) is 16.5 Å². The molecule has 0 bridgehead atoms. The van der Waals surface area contributed by atoms with Crippen LogP contribution < -0.4 is 11.1 Å². The van der Waals surface area contributed by atoms with Gasteiger partial charge >= 0.3 is 5.97 Å². The number of hydrogen-bond acceptors (Lipinski definition) is 4. The second-order valence-corrected chi connectivity index (χ2v) is 4.71. The largest absolute Gasteiger partial charge is 0.480 e. The highest BCUT2D eigenvalue weighted by molar-refractivity contribution is 5.96. The Bertz CT molecular complexity index is 478. The van der Waals surface area contributed by atoms with Gasteiger partial charge in [-0.25, -0.2) is 4.79 Å². The lowest BCUT2D eigenvalue weighted by Crippen LogP contribution is -2.53. The molecule has 1 heterocycles. The summed E-state index contributed by atoms with van der Waals surface area (Å²) >= 11 is 0. The molecular weight excluding hydrogens is 236 g/mol. The van der Waals surface area contributed by atoms with Gasteiger partial charge in [-0.3, -0.25) is 4.79 Å². The molecule has 1 unspecified atom stereocenters. The summed E-state index contributed by atoms with van der Waals surface area (Å²) in [5.41, 5.74) is 4.15. The van der Waals surface area contributed by atoms with E-state index in [1.807, 2.05) is 0 Å². The minimum absolute atomic E-state index is 0.0112. The molecular formula is C12H16N2O4. The second-order valence-electron chi connectivity index (χ2n) is 4.71. The molecule has 1 atom stereocenters.